The predicted octanol–water partition coefficient (Wildman–Crippen LogP) is 18.9. The molecule has 2 atom stereocenters. The van der Waals surface area contributed by atoms with E-state index in [4.69, 9.17) is 37.9 Å². The van der Waals surface area contributed by atoms with Gasteiger partial charge in [-0.05, 0) is 214 Å². The Hall–Kier alpha value is -5.21. The molecule has 0 radical (unpaired) electrons. The first-order valence-electron chi connectivity index (χ1n) is 31.3. The lowest BCUT2D eigenvalue weighted by atomic mass is 10.1. The van der Waals surface area contributed by atoms with Gasteiger partial charge >= 0.3 is 0 Å². The predicted molar refractivity (Wildman–Crippen MR) is 356 cm³/mol. The lowest BCUT2D eigenvalue weighted by Crippen LogP contribution is -2.08. The first-order valence-corrected chi connectivity index (χ1v) is 31.3. The molecule has 0 N–H and O–H groups in total. The summed E-state index contributed by atoms with van der Waals surface area (Å²) in [5.74, 6) is 1.58. The molecule has 2 unspecified atom stereocenters. The number of aromatic nitrogens is 3. The van der Waals surface area contributed by atoms with Crippen molar-refractivity contribution in [1.29, 1.82) is 0 Å². The highest BCUT2D eigenvalue weighted by molar-refractivity contribution is 5.17. The molecular formula is C74H117N3O8. The molecule has 1 saturated carbocycles. The molecule has 0 bridgehead atoms. The van der Waals surface area contributed by atoms with Gasteiger partial charge in [-0.25, -0.2) is 0 Å². The Morgan fingerprint density at radius 3 is 1.21 bits per heavy atom. The van der Waals surface area contributed by atoms with Crippen molar-refractivity contribution in [3.05, 3.63) is 198 Å². The van der Waals surface area contributed by atoms with Crippen LogP contribution in [0.5, 0.6) is 0 Å². The van der Waals surface area contributed by atoms with Gasteiger partial charge < -0.3 is 37.9 Å². The van der Waals surface area contributed by atoms with Crippen LogP contribution in [0.25, 0.3) is 0 Å². The van der Waals surface area contributed by atoms with Crippen LogP contribution in [-0.4, -0.2) is 83.6 Å². The maximum absolute atomic E-state index is 5.64. The molecule has 11 nitrogen and oxygen atoms in total. The fourth-order valence-corrected chi connectivity index (χ4v) is 6.69. The Balaban J connectivity index is 0.000000952. The molecule has 1 aliphatic carbocycles. The molecule has 6 aromatic rings. The lowest BCUT2D eigenvalue weighted by molar-refractivity contribution is 0.0154. The van der Waals surface area contributed by atoms with Gasteiger partial charge in [-0.15, -0.1) is 0 Å². The number of hydrogen-bond acceptors (Lipinski definition) is 11. The normalized spacial score (nSPS) is 12.2. The van der Waals surface area contributed by atoms with Crippen molar-refractivity contribution in [3.8, 4) is 0 Å². The van der Waals surface area contributed by atoms with E-state index in [9.17, 15) is 0 Å². The summed E-state index contributed by atoms with van der Waals surface area (Å²) >= 11 is 0. The molecule has 0 amide bonds. The van der Waals surface area contributed by atoms with Gasteiger partial charge in [0.1, 0.15) is 0 Å². The summed E-state index contributed by atoms with van der Waals surface area (Å²) in [5.41, 5.74) is 7.12. The fourth-order valence-electron chi connectivity index (χ4n) is 6.69. The number of nitrogens with zero attached hydrogens (tertiary/aromatic N) is 3. The van der Waals surface area contributed by atoms with E-state index in [1.807, 2.05) is 153 Å². The molecule has 0 aliphatic heterocycles. The van der Waals surface area contributed by atoms with E-state index in [2.05, 4.69) is 140 Å². The van der Waals surface area contributed by atoms with Crippen LogP contribution in [0.3, 0.4) is 0 Å². The van der Waals surface area contributed by atoms with Crippen molar-refractivity contribution in [2.75, 3.05) is 19.8 Å². The quantitative estimate of drug-likeness (QED) is 0.0546. The van der Waals surface area contributed by atoms with Crippen molar-refractivity contribution in [2.45, 2.75) is 239 Å². The van der Waals surface area contributed by atoms with Crippen LogP contribution in [0.1, 0.15) is 197 Å². The fraction of sp³-hybridized carbons (Fsp3) is 0.554. The largest absolute Gasteiger partial charge is 0.379 e. The Morgan fingerprint density at radius 2 is 0.800 bits per heavy atom. The highest BCUT2D eigenvalue weighted by Crippen LogP contribution is 2.29. The van der Waals surface area contributed by atoms with E-state index in [-0.39, 0.29) is 24.4 Å². The van der Waals surface area contributed by atoms with Crippen molar-refractivity contribution < 1.29 is 37.9 Å². The zero-order valence-electron chi connectivity index (χ0n) is 56.5. The molecule has 85 heavy (non-hydrogen) atoms. The Labute approximate surface area is 518 Å². The second-order valence-corrected chi connectivity index (χ2v) is 23.4. The molecule has 1 aliphatic rings. The average molecular weight is 1180 g/mol. The van der Waals surface area contributed by atoms with E-state index in [0.717, 1.165) is 50.0 Å². The zero-order chi connectivity index (χ0) is 63.6. The molecule has 1 fully saturated rings. The summed E-state index contributed by atoms with van der Waals surface area (Å²) in [4.78, 5) is 12.1. The molecule has 476 valence electrons. The van der Waals surface area contributed by atoms with Gasteiger partial charge in [-0.1, -0.05) is 117 Å². The van der Waals surface area contributed by atoms with Crippen molar-refractivity contribution in [1.82, 2.24) is 15.0 Å². The van der Waals surface area contributed by atoms with Gasteiger partial charge in [-0.2, -0.15) is 0 Å². The molecule has 0 saturated heterocycles. The van der Waals surface area contributed by atoms with Crippen molar-refractivity contribution in [2.24, 2.45) is 11.8 Å². The maximum Gasteiger partial charge on any atom is 0.0969 e. The van der Waals surface area contributed by atoms with E-state index >= 15 is 0 Å². The standard InChI is InChI=1S/2C11H16O.C10H15NO.C10H14O.2C9H13NO.C7H14O.C7H16O/c1-9(2)12-10(3)11-7-5-4-6-8-11;1-10(2)12-9-8-11-6-4-3-5-7-11;1-8(2)12-9(3)10-6-4-5-7-11-10;1-9(2)11-8-10-6-4-3-5-7-10;1-8(2)11-7-9-3-5-10-6-4-9;1-8(2)11-7-9-4-3-5-10-6-9;1-6(2)8-5-7-3-4-7;1-6(2)5-8-7(3)4/h4-10H,1-3H3;3-7,10H,8-9H2,1-2H3;4-9H,1-3H3;3-7,9H,8H2,1-2H3;2*3-6,8H,7H2,1-2H3;6-7H,3-5H2,1-2H3;6-7H,5H2,1-4H3. The third kappa shape index (κ3) is 54.0. The van der Waals surface area contributed by atoms with Gasteiger partial charge in [0, 0.05) is 44.2 Å². The smallest absolute Gasteiger partial charge is 0.0969 e. The minimum Gasteiger partial charge on any atom is -0.379 e. The van der Waals surface area contributed by atoms with E-state index in [1.54, 1.807) is 24.8 Å². The first kappa shape index (κ1) is 79.8. The maximum atomic E-state index is 5.64. The monoisotopic (exact) mass is 1180 g/mol. The number of benzene rings is 3. The zero-order valence-corrected chi connectivity index (χ0v) is 56.5. The summed E-state index contributed by atoms with van der Waals surface area (Å²) in [7, 11) is 0. The summed E-state index contributed by atoms with van der Waals surface area (Å²) in [6, 6.07) is 44.6. The van der Waals surface area contributed by atoms with Crippen LogP contribution < -0.4 is 0 Å². The number of ether oxygens (including phenoxy) is 8. The molecule has 3 heterocycles. The van der Waals surface area contributed by atoms with Crippen LogP contribution in [0.2, 0.25) is 0 Å². The Morgan fingerprint density at radius 1 is 0.365 bits per heavy atom. The summed E-state index contributed by atoms with van der Waals surface area (Å²) < 4.78 is 43.5. The number of rotatable bonds is 25. The average Bonchev–Trinajstić information content (AvgIpc) is 4.35. The van der Waals surface area contributed by atoms with Gasteiger partial charge in [0.15, 0.2) is 0 Å². The summed E-state index contributed by atoms with van der Waals surface area (Å²) in [6.07, 6.45) is 15.6. The minimum absolute atomic E-state index is 0.0891. The highest BCUT2D eigenvalue weighted by atomic mass is 16.5. The van der Waals surface area contributed by atoms with E-state index in [0.29, 0.717) is 55.8 Å². The second kappa shape index (κ2) is 52.0. The first-order chi connectivity index (χ1) is 40.5. The van der Waals surface area contributed by atoms with E-state index in [1.165, 1.54) is 35.1 Å². The third-order valence-electron chi connectivity index (χ3n) is 11.2. The van der Waals surface area contributed by atoms with Crippen molar-refractivity contribution >= 4 is 0 Å². The SMILES string of the molecule is CC(C)COC(C)C.CC(C)OC(C)c1ccccc1.CC(C)OC(C)c1ccccn1.CC(C)OCC1CC1.CC(C)OCCc1ccccc1.CC(C)OCc1ccccc1.CC(C)OCc1cccnc1.CC(C)OCc1ccncc1. The molecule has 0 spiro atoms. The van der Waals surface area contributed by atoms with Crippen LogP contribution >= 0.6 is 0 Å². The Kier molecular flexibility index (Phi) is 48.8. The van der Waals surface area contributed by atoms with E-state index < -0.39 is 0 Å². The molecular weight excluding hydrogens is 1060 g/mol. The van der Waals surface area contributed by atoms with Crippen LogP contribution in [-0.2, 0) is 64.1 Å². The van der Waals surface area contributed by atoms with Crippen LogP contribution in [0, 0.1) is 11.8 Å². The molecule has 7 rings (SSSR count). The highest BCUT2D eigenvalue weighted by Gasteiger charge is 2.21. The van der Waals surface area contributed by atoms with Crippen molar-refractivity contribution in [3.63, 3.8) is 0 Å². The second-order valence-electron chi connectivity index (χ2n) is 23.4. The minimum atomic E-state index is 0.0891. The van der Waals surface area contributed by atoms with Gasteiger partial charge in [-0.3, -0.25) is 15.0 Å². The van der Waals surface area contributed by atoms with Gasteiger partial charge in [0.25, 0.3) is 0 Å². The van der Waals surface area contributed by atoms with Crippen LogP contribution in [0.4, 0.5) is 0 Å². The van der Waals surface area contributed by atoms with Gasteiger partial charge in [0.05, 0.1) is 93.2 Å². The molecule has 11 heteroatoms. The lowest BCUT2D eigenvalue weighted by Gasteiger charge is -2.15. The molecule has 3 aromatic carbocycles. The van der Waals surface area contributed by atoms with Crippen LogP contribution in [0.15, 0.2) is 164 Å². The summed E-state index contributed by atoms with van der Waals surface area (Å²) in [6.45, 7) is 45.9. The number of hydrogen-bond donors (Lipinski definition) is 0. The molecule has 3 aromatic heterocycles. The Bertz CT molecular complexity index is 2120. The topological polar surface area (TPSA) is 113 Å². The number of pyridine rings is 3. The third-order valence-corrected chi connectivity index (χ3v) is 11.2. The summed E-state index contributed by atoms with van der Waals surface area (Å²) in [5, 5.41) is 0. The van der Waals surface area contributed by atoms with Gasteiger partial charge in [0.2, 0.25) is 0 Å².